The summed E-state index contributed by atoms with van der Waals surface area (Å²) >= 11 is 0. The van der Waals surface area contributed by atoms with Crippen molar-refractivity contribution in [3.63, 3.8) is 0 Å². The molecule has 1 atom stereocenters. The predicted molar refractivity (Wildman–Crippen MR) is 74.8 cm³/mol. The van der Waals surface area contributed by atoms with Crippen LogP contribution in [0.2, 0.25) is 0 Å². The number of alkyl halides is 3. The van der Waals surface area contributed by atoms with Gasteiger partial charge in [0.1, 0.15) is 0 Å². The number of rotatable bonds is 2. The van der Waals surface area contributed by atoms with Gasteiger partial charge in [-0.3, -0.25) is 4.99 Å². The lowest BCUT2D eigenvalue weighted by molar-refractivity contribution is -0.137. The average molecular weight is 297 g/mol. The zero-order chi connectivity index (χ0) is 15.0. The summed E-state index contributed by atoms with van der Waals surface area (Å²) in [6, 6.07) is 5.64. The summed E-state index contributed by atoms with van der Waals surface area (Å²) in [6.45, 7) is 0.434. The van der Waals surface area contributed by atoms with Gasteiger partial charge in [0.2, 0.25) is 0 Å². The zero-order valence-electron chi connectivity index (χ0n) is 11.6. The van der Waals surface area contributed by atoms with Gasteiger partial charge >= 0.3 is 6.18 Å². The van der Waals surface area contributed by atoms with Crippen molar-refractivity contribution in [3.8, 4) is 0 Å². The van der Waals surface area contributed by atoms with E-state index in [2.05, 4.69) is 4.99 Å². The molecule has 3 nitrogen and oxygen atoms in total. The first-order valence-corrected chi connectivity index (χ1v) is 7.22. The van der Waals surface area contributed by atoms with Gasteiger partial charge in [-0.25, -0.2) is 0 Å². The van der Waals surface area contributed by atoms with Crippen LogP contribution < -0.4 is 5.73 Å². The largest absolute Gasteiger partial charge is 0.416 e. The number of benzene rings is 1. The first kappa shape index (κ1) is 14.2. The Labute approximate surface area is 121 Å². The molecule has 0 bridgehead atoms. The molecule has 1 fully saturated rings. The molecular formula is C15H18F3N3. The van der Waals surface area contributed by atoms with Gasteiger partial charge in [-0.05, 0) is 30.5 Å². The van der Waals surface area contributed by atoms with Crippen LogP contribution in [0.3, 0.4) is 0 Å². The van der Waals surface area contributed by atoms with Gasteiger partial charge in [-0.15, -0.1) is 0 Å². The second-order valence-corrected chi connectivity index (χ2v) is 5.68. The smallest absolute Gasteiger partial charge is 0.370 e. The fourth-order valence-electron chi connectivity index (χ4n) is 3.32. The highest BCUT2D eigenvalue weighted by Gasteiger charge is 2.36. The van der Waals surface area contributed by atoms with Gasteiger partial charge in [0, 0.05) is 6.04 Å². The van der Waals surface area contributed by atoms with Crippen LogP contribution in [0.1, 0.15) is 42.9 Å². The van der Waals surface area contributed by atoms with Crippen molar-refractivity contribution in [2.24, 2.45) is 10.7 Å². The van der Waals surface area contributed by atoms with Crippen LogP contribution >= 0.6 is 0 Å². The van der Waals surface area contributed by atoms with Crippen LogP contribution in [-0.4, -0.2) is 23.4 Å². The Balaban J connectivity index is 1.89. The molecule has 2 N–H and O–H groups in total. The number of aliphatic imine (C=N–C) groups is 1. The van der Waals surface area contributed by atoms with Crippen molar-refractivity contribution in [3.05, 3.63) is 35.4 Å². The number of hydrogen-bond acceptors (Lipinski definition) is 3. The van der Waals surface area contributed by atoms with E-state index in [0.717, 1.165) is 31.7 Å². The number of hydrogen-bond donors (Lipinski definition) is 1. The van der Waals surface area contributed by atoms with E-state index in [-0.39, 0.29) is 6.04 Å². The maximum absolute atomic E-state index is 12.9. The third-order valence-electron chi connectivity index (χ3n) is 4.34. The van der Waals surface area contributed by atoms with Crippen LogP contribution in [-0.2, 0) is 6.18 Å². The Kier molecular flexibility index (Phi) is 3.55. The molecule has 1 aliphatic carbocycles. The summed E-state index contributed by atoms with van der Waals surface area (Å²) in [5, 5.41) is 0. The van der Waals surface area contributed by atoms with Crippen LogP contribution in [0, 0.1) is 0 Å². The van der Waals surface area contributed by atoms with E-state index in [4.69, 9.17) is 5.73 Å². The lowest BCUT2D eigenvalue weighted by Crippen LogP contribution is -2.42. The molecule has 1 unspecified atom stereocenters. The molecule has 1 aliphatic heterocycles. The van der Waals surface area contributed by atoms with Crippen molar-refractivity contribution in [1.29, 1.82) is 0 Å². The standard InChI is InChI=1S/C15H18F3N3/c16-15(17,18)11-5-3-4-10(8-11)13-9-20-14(19)21(13)12-6-1-2-7-12/h3-5,8,12-13H,1-2,6-7,9H2,(H2,19,20). The van der Waals surface area contributed by atoms with Gasteiger partial charge in [0.25, 0.3) is 0 Å². The third-order valence-corrected chi connectivity index (χ3v) is 4.34. The Morgan fingerprint density at radius 1 is 1.19 bits per heavy atom. The van der Waals surface area contributed by atoms with Gasteiger partial charge < -0.3 is 10.6 Å². The van der Waals surface area contributed by atoms with Crippen LogP contribution in [0.4, 0.5) is 13.2 Å². The first-order valence-electron chi connectivity index (χ1n) is 7.22. The molecule has 6 heteroatoms. The fourth-order valence-corrected chi connectivity index (χ4v) is 3.32. The lowest BCUT2D eigenvalue weighted by atomic mass is 10.0. The molecule has 1 aromatic rings. The van der Waals surface area contributed by atoms with E-state index >= 15 is 0 Å². The molecule has 3 rings (SSSR count). The second kappa shape index (κ2) is 5.24. The van der Waals surface area contributed by atoms with Crippen molar-refractivity contribution in [1.82, 2.24) is 4.90 Å². The average Bonchev–Trinajstić information content (AvgIpc) is 3.06. The van der Waals surface area contributed by atoms with Crippen LogP contribution in [0.15, 0.2) is 29.3 Å². The minimum Gasteiger partial charge on any atom is -0.370 e. The maximum Gasteiger partial charge on any atom is 0.416 e. The fraction of sp³-hybridized carbons (Fsp3) is 0.533. The highest BCUT2D eigenvalue weighted by molar-refractivity contribution is 5.80. The number of nitrogens with zero attached hydrogens (tertiary/aromatic N) is 2. The van der Waals surface area contributed by atoms with Crippen LogP contribution in [0.25, 0.3) is 0 Å². The summed E-state index contributed by atoms with van der Waals surface area (Å²) in [4.78, 5) is 6.27. The molecule has 1 heterocycles. The molecule has 114 valence electrons. The molecule has 0 spiro atoms. The Bertz CT molecular complexity index is 547. The van der Waals surface area contributed by atoms with E-state index in [1.54, 1.807) is 6.07 Å². The Hall–Kier alpha value is -1.72. The summed E-state index contributed by atoms with van der Waals surface area (Å²) < 4.78 is 38.6. The van der Waals surface area contributed by atoms with Gasteiger partial charge in [-0.1, -0.05) is 25.0 Å². The SMILES string of the molecule is NC1=NCC(c2cccc(C(F)(F)F)c2)N1C1CCCC1. The normalized spacial score (nSPS) is 23.7. The quantitative estimate of drug-likeness (QED) is 0.910. The lowest BCUT2D eigenvalue weighted by Gasteiger charge is -2.32. The van der Waals surface area contributed by atoms with E-state index in [9.17, 15) is 13.2 Å². The number of guanidine groups is 1. The first-order chi connectivity index (χ1) is 9.97. The predicted octanol–water partition coefficient (Wildman–Crippen LogP) is 3.32. The highest BCUT2D eigenvalue weighted by Crippen LogP contribution is 2.36. The number of nitrogens with two attached hydrogens (primary N) is 1. The van der Waals surface area contributed by atoms with Crippen molar-refractivity contribution >= 4 is 5.96 Å². The molecule has 1 aromatic carbocycles. The van der Waals surface area contributed by atoms with Crippen molar-refractivity contribution in [2.75, 3.05) is 6.54 Å². The van der Waals surface area contributed by atoms with E-state index < -0.39 is 11.7 Å². The molecule has 21 heavy (non-hydrogen) atoms. The molecule has 1 saturated carbocycles. The van der Waals surface area contributed by atoms with Gasteiger partial charge in [0.05, 0.1) is 18.2 Å². The maximum atomic E-state index is 12.9. The summed E-state index contributed by atoms with van der Waals surface area (Å²) in [5.74, 6) is 0.462. The van der Waals surface area contributed by atoms with Crippen molar-refractivity contribution < 1.29 is 13.2 Å². The monoisotopic (exact) mass is 297 g/mol. The second-order valence-electron chi connectivity index (χ2n) is 5.68. The molecular weight excluding hydrogens is 279 g/mol. The Morgan fingerprint density at radius 3 is 2.57 bits per heavy atom. The van der Waals surface area contributed by atoms with E-state index in [1.165, 1.54) is 12.1 Å². The van der Waals surface area contributed by atoms with Gasteiger partial charge in [-0.2, -0.15) is 13.2 Å². The van der Waals surface area contributed by atoms with E-state index in [1.807, 2.05) is 4.90 Å². The molecule has 0 saturated heterocycles. The van der Waals surface area contributed by atoms with Crippen molar-refractivity contribution in [2.45, 2.75) is 43.9 Å². The molecule has 2 aliphatic rings. The molecule has 0 aromatic heterocycles. The minimum absolute atomic E-state index is 0.171. The summed E-state index contributed by atoms with van der Waals surface area (Å²) in [6.07, 6.45) is 0.0318. The number of halogens is 3. The van der Waals surface area contributed by atoms with Gasteiger partial charge in [0.15, 0.2) is 5.96 Å². The Morgan fingerprint density at radius 2 is 1.90 bits per heavy atom. The minimum atomic E-state index is -4.32. The molecule has 0 amide bonds. The zero-order valence-corrected chi connectivity index (χ0v) is 11.6. The summed E-state index contributed by atoms with van der Waals surface area (Å²) in [7, 11) is 0. The highest BCUT2D eigenvalue weighted by atomic mass is 19.4. The summed E-state index contributed by atoms with van der Waals surface area (Å²) in [5.41, 5.74) is 5.99. The third kappa shape index (κ3) is 2.71. The van der Waals surface area contributed by atoms with Crippen LogP contribution in [0.5, 0.6) is 0 Å². The topological polar surface area (TPSA) is 41.6 Å². The molecule has 0 radical (unpaired) electrons. The van der Waals surface area contributed by atoms with E-state index in [0.29, 0.717) is 24.1 Å².